The third-order valence-electron chi connectivity index (χ3n) is 22.1. The zero-order valence-electron chi connectivity index (χ0n) is 53.4. The molecule has 6 heteroatoms. The predicted octanol–water partition coefficient (Wildman–Crippen LogP) is 22.7. The topological polar surface area (TPSA) is 61.7 Å². The van der Waals surface area contributed by atoms with Gasteiger partial charge in [0.15, 0.2) is 0 Å². The number of hydrogen-bond acceptors (Lipinski definition) is 4. The highest BCUT2D eigenvalue weighted by Crippen LogP contribution is 2.64. The molecule has 12 aromatic carbocycles. The van der Waals surface area contributed by atoms with E-state index in [4.69, 9.17) is 19.4 Å². The number of para-hydroxylation sites is 5. The first-order chi connectivity index (χ1) is 49.1. The summed E-state index contributed by atoms with van der Waals surface area (Å²) in [5.41, 5.74) is 34.4. The van der Waals surface area contributed by atoms with E-state index < -0.39 is 10.8 Å². The van der Waals surface area contributed by atoms with Crippen LogP contribution in [0.4, 0.5) is 0 Å². The largest absolute Gasteiger partial charge is 0.464 e. The average molecular weight is 1260 g/mol. The molecule has 458 valence electrons. The zero-order valence-corrected chi connectivity index (χ0v) is 53.4. The Morgan fingerprint density at radius 1 is 0.253 bits per heavy atom. The Bertz CT molecular complexity index is 6490. The standard InChI is InChI=1S/C93H55N5O/c1-5-25-73-65(19-1)67-42-39-59(50-79(67)92(73)75-27-7-10-33-87(75)97-85-31-8-3-21-69(85)71-23-14-28-77(92)90(71)97)56-35-37-57(38-36-56)64-53-83(81-30-11-12-46-94-81)96-84(54-64)82-52-62(45-47-95-82)60-40-43-68-66-20-2-6-26-74(66)93(80(68)51-60)76-44-41-61(58-17-13-18-63(49-58)89-34-16-48-99-89)55-88(76)98-86-32-9-4-22-70(86)72-24-15-29-78(93)91(72)98/h1-55H. The Morgan fingerprint density at radius 2 is 0.727 bits per heavy atom. The van der Waals surface area contributed by atoms with E-state index in [-0.39, 0.29) is 0 Å². The summed E-state index contributed by atoms with van der Waals surface area (Å²) < 4.78 is 11.0. The lowest BCUT2D eigenvalue weighted by atomic mass is 9.65. The first-order valence-electron chi connectivity index (χ1n) is 34.0. The number of pyridine rings is 3. The average Bonchev–Trinajstić information content (AvgIpc) is 1.54. The van der Waals surface area contributed by atoms with E-state index in [0.717, 1.165) is 73.0 Å². The maximum Gasteiger partial charge on any atom is 0.133 e. The molecular formula is C93H55N5O. The van der Waals surface area contributed by atoms with Gasteiger partial charge in [-0.1, -0.05) is 224 Å². The third kappa shape index (κ3) is 7.36. The molecule has 0 N–H and O–H groups in total. The van der Waals surface area contributed by atoms with E-state index in [2.05, 4.69) is 294 Å². The summed E-state index contributed by atoms with van der Waals surface area (Å²) in [6.07, 6.45) is 5.52. The van der Waals surface area contributed by atoms with E-state index in [9.17, 15) is 0 Å². The maximum absolute atomic E-state index is 5.91. The maximum atomic E-state index is 5.91. The van der Waals surface area contributed by atoms with E-state index in [1.165, 1.54) is 127 Å². The number of hydrogen-bond donors (Lipinski definition) is 0. The van der Waals surface area contributed by atoms with Gasteiger partial charge in [0, 0.05) is 39.5 Å². The molecule has 0 bridgehead atoms. The minimum atomic E-state index is -0.663. The lowest BCUT2D eigenvalue weighted by molar-refractivity contribution is 0.582. The molecule has 2 aliphatic heterocycles. The molecule has 18 aromatic rings. The minimum absolute atomic E-state index is 0.542. The Morgan fingerprint density at radius 3 is 1.39 bits per heavy atom. The van der Waals surface area contributed by atoms with Crippen LogP contribution >= 0.6 is 0 Å². The smallest absolute Gasteiger partial charge is 0.133 e. The molecule has 0 saturated heterocycles. The Hall–Kier alpha value is -13.0. The molecule has 6 aromatic heterocycles. The van der Waals surface area contributed by atoms with Gasteiger partial charge >= 0.3 is 0 Å². The van der Waals surface area contributed by atoms with Gasteiger partial charge in [-0.15, -0.1) is 0 Å². The SMILES string of the molecule is c1ccc(-c2cc(-c3ccc(-c4ccc5c(c4)C4(c6ccccc6-5)c5ccccc5-n5c6ccccc6c6cccc4c65)cc3)cc(-c3cc(-c4ccc5c(c4)C4(c6ccccc6-5)c5ccc(-c6cccc(-c7ccco7)c6)cc5-n5c6ccccc6c6cccc4c65)ccn3)n2)nc1. The van der Waals surface area contributed by atoms with Gasteiger partial charge in [0.1, 0.15) is 5.76 Å². The van der Waals surface area contributed by atoms with Crippen LogP contribution in [0.25, 0.3) is 156 Å². The fraction of sp³-hybridized carbons (Fsp3) is 0.0215. The van der Waals surface area contributed by atoms with Gasteiger partial charge in [0.2, 0.25) is 0 Å². The molecule has 0 fully saturated rings. The molecule has 2 atom stereocenters. The van der Waals surface area contributed by atoms with Crippen LogP contribution < -0.4 is 0 Å². The molecular weight excluding hydrogens is 1200 g/mol. The number of aromatic nitrogens is 5. The molecule has 8 heterocycles. The van der Waals surface area contributed by atoms with Crippen molar-refractivity contribution in [3.63, 3.8) is 0 Å². The van der Waals surface area contributed by atoms with Crippen molar-refractivity contribution in [2.75, 3.05) is 0 Å². The van der Waals surface area contributed by atoms with Crippen LogP contribution in [0.5, 0.6) is 0 Å². The van der Waals surface area contributed by atoms with Crippen LogP contribution in [0.15, 0.2) is 339 Å². The van der Waals surface area contributed by atoms with E-state index in [1.807, 2.05) is 42.7 Å². The lowest BCUT2D eigenvalue weighted by Crippen LogP contribution is -2.33. The van der Waals surface area contributed by atoms with Gasteiger partial charge in [-0.3, -0.25) is 9.97 Å². The first kappa shape index (κ1) is 54.2. The summed E-state index contributed by atoms with van der Waals surface area (Å²) in [5, 5.41) is 5.02. The van der Waals surface area contributed by atoms with Crippen molar-refractivity contribution in [2.24, 2.45) is 0 Å². The Kier molecular flexibility index (Phi) is 11.1. The zero-order chi connectivity index (χ0) is 64.7. The highest BCUT2D eigenvalue weighted by molar-refractivity contribution is 6.15. The molecule has 22 rings (SSSR count). The lowest BCUT2D eigenvalue weighted by Gasteiger charge is -2.40. The van der Waals surface area contributed by atoms with Gasteiger partial charge in [0.25, 0.3) is 0 Å². The highest BCUT2D eigenvalue weighted by Gasteiger charge is 2.53. The van der Waals surface area contributed by atoms with E-state index in [1.54, 1.807) is 6.26 Å². The Balaban J connectivity index is 0.667. The number of rotatable bonds is 7. The van der Waals surface area contributed by atoms with Gasteiger partial charge in [-0.05, 0) is 202 Å². The summed E-state index contributed by atoms with van der Waals surface area (Å²) in [6.45, 7) is 0. The molecule has 4 aliphatic rings. The van der Waals surface area contributed by atoms with Crippen LogP contribution in [0, 0.1) is 0 Å². The summed E-state index contributed by atoms with van der Waals surface area (Å²) in [6, 6.07) is 117. The molecule has 0 saturated carbocycles. The van der Waals surface area contributed by atoms with Crippen LogP contribution in [0.1, 0.15) is 44.5 Å². The molecule has 99 heavy (non-hydrogen) atoms. The van der Waals surface area contributed by atoms with Crippen LogP contribution in [-0.4, -0.2) is 24.1 Å². The fourth-order valence-electron chi connectivity index (χ4n) is 18.1. The van der Waals surface area contributed by atoms with Crippen LogP contribution in [0.3, 0.4) is 0 Å². The predicted molar refractivity (Wildman–Crippen MR) is 401 cm³/mol. The van der Waals surface area contributed by atoms with E-state index >= 15 is 0 Å². The fourth-order valence-corrected chi connectivity index (χ4v) is 18.1. The van der Waals surface area contributed by atoms with Crippen molar-refractivity contribution >= 4 is 43.6 Å². The molecule has 6 nitrogen and oxygen atoms in total. The Labute approximate surface area is 570 Å². The van der Waals surface area contributed by atoms with Crippen LogP contribution in [-0.2, 0) is 10.8 Å². The van der Waals surface area contributed by atoms with Gasteiger partial charge < -0.3 is 13.6 Å². The molecule has 2 spiro atoms. The number of benzene rings is 12. The van der Waals surface area contributed by atoms with Crippen molar-refractivity contribution in [2.45, 2.75) is 10.8 Å². The van der Waals surface area contributed by atoms with Gasteiger partial charge in [-0.25, -0.2) is 4.98 Å². The van der Waals surface area contributed by atoms with Crippen molar-refractivity contribution in [3.05, 3.63) is 379 Å². The summed E-state index contributed by atoms with van der Waals surface area (Å²) >= 11 is 0. The minimum Gasteiger partial charge on any atom is -0.464 e. The highest BCUT2D eigenvalue weighted by atomic mass is 16.3. The van der Waals surface area contributed by atoms with Crippen molar-refractivity contribution < 1.29 is 4.42 Å². The second kappa shape index (κ2) is 20.3. The monoisotopic (exact) mass is 1260 g/mol. The van der Waals surface area contributed by atoms with Gasteiger partial charge in [-0.2, -0.15) is 0 Å². The molecule has 2 unspecified atom stereocenters. The summed E-state index contributed by atoms with van der Waals surface area (Å²) in [7, 11) is 0. The van der Waals surface area contributed by atoms with Crippen LogP contribution in [0.2, 0.25) is 0 Å². The van der Waals surface area contributed by atoms with Crippen molar-refractivity contribution in [1.82, 2.24) is 24.1 Å². The normalized spacial score (nSPS) is 15.6. The van der Waals surface area contributed by atoms with E-state index in [0.29, 0.717) is 0 Å². The quantitative estimate of drug-likeness (QED) is 0.160. The molecule has 0 amide bonds. The van der Waals surface area contributed by atoms with Crippen molar-refractivity contribution in [1.29, 1.82) is 0 Å². The van der Waals surface area contributed by atoms with Crippen molar-refractivity contribution in [3.8, 4) is 112 Å². The number of fused-ring (bicyclic) bond motifs is 24. The summed E-state index contributed by atoms with van der Waals surface area (Å²) in [5.74, 6) is 0.848. The second-order valence-electron chi connectivity index (χ2n) is 26.9. The first-order valence-corrected chi connectivity index (χ1v) is 34.0. The molecule has 0 radical (unpaired) electrons. The number of furan rings is 1. The second-order valence-corrected chi connectivity index (χ2v) is 26.9. The molecule has 2 aliphatic carbocycles. The summed E-state index contributed by atoms with van der Waals surface area (Å²) in [4.78, 5) is 15.4. The third-order valence-corrected chi connectivity index (χ3v) is 22.1. The number of nitrogens with zero attached hydrogens (tertiary/aromatic N) is 5. The van der Waals surface area contributed by atoms with Gasteiger partial charge in [0.05, 0.1) is 73.3 Å².